The van der Waals surface area contributed by atoms with Gasteiger partial charge in [0.2, 0.25) is 0 Å². The van der Waals surface area contributed by atoms with Crippen LogP contribution in [-0.2, 0) is 11.4 Å². The number of ether oxygens (including phenoxy) is 1. The summed E-state index contributed by atoms with van der Waals surface area (Å²) in [5.74, 6) is -0.431. The first-order valence-corrected chi connectivity index (χ1v) is 5.92. The Bertz CT molecular complexity index is 415. The summed E-state index contributed by atoms with van der Waals surface area (Å²) in [5.41, 5.74) is -0.345. The molecule has 0 aliphatic rings. The predicted molar refractivity (Wildman–Crippen MR) is 67.0 cm³/mol. The molecule has 2 N–H and O–H groups in total. The van der Waals surface area contributed by atoms with E-state index >= 15 is 0 Å². The highest BCUT2D eigenvalue weighted by Crippen LogP contribution is 2.30. The van der Waals surface area contributed by atoms with E-state index in [1.165, 1.54) is 0 Å². The number of aliphatic hydroxyl groups excluding tert-OH is 1. The van der Waals surface area contributed by atoms with Gasteiger partial charge in [-0.25, -0.2) is 0 Å². The zero-order valence-corrected chi connectivity index (χ0v) is 11.3. The number of carboxylic acids is 1. The largest absolute Gasteiger partial charge is 0.491 e. The van der Waals surface area contributed by atoms with Gasteiger partial charge in [0.1, 0.15) is 12.4 Å². The van der Waals surface area contributed by atoms with E-state index < -0.39 is 11.4 Å². The van der Waals surface area contributed by atoms with Gasteiger partial charge in [0.25, 0.3) is 0 Å². The van der Waals surface area contributed by atoms with Crippen molar-refractivity contribution < 1.29 is 19.7 Å². The highest BCUT2D eigenvalue weighted by Gasteiger charge is 2.28. The van der Waals surface area contributed by atoms with Crippen molar-refractivity contribution >= 4 is 21.9 Å². The molecular weight excluding hydrogens is 288 g/mol. The highest BCUT2D eigenvalue weighted by molar-refractivity contribution is 9.10. The molecule has 0 bridgehead atoms. The zero-order chi connectivity index (χ0) is 13.1. The van der Waals surface area contributed by atoms with Crippen molar-refractivity contribution in [3.8, 4) is 5.75 Å². The van der Waals surface area contributed by atoms with Gasteiger partial charge in [-0.1, -0.05) is 12.1 Å². The van der Waals surface area contributed by atoms with Crippen molar-refractivity contribution in [2.24, 2.45) is 5.41 Å². The lowest BCUT2D eigenvalue weighted by Crippen LogP contribution is -2.30. The molecule has 0 atom stereocenters. The molecule has 17 heavy (non-hydrogen) atoms. The molecule has 0 amide bonds. The van der Waals surface area contributed by atoms with E-state index in [4.69, 9.17) is 14.9 Å². The molecule has 0 saturated carbocycles. The number of halogens is 1. The lowest BCUT2D eigenvalue weighted by Gasteiger charge is -2.21. The van der Waals surface area contributed by atoms with Crippen molar-refractivity contribution in [1.82, 2.24) is 0 Å². The molecule has 0 aliphatic carbocycles. The molecule has 0 heterocycles. The van der Waals surface area contributed by atoms with Crippen molar-refractivity contribution in [1.29, 1.82) is 0 Å². The maximum absolute atomic E-state index is 10.9. The number of carboxylic acid groups (broad SMARTS) is 1. The third kappa shape index (κ3) is 3.44. The summed E-state index contributed by atoms with van der Waals surface area (Å²) in [6, 6.07) is 5.29. The van der Waals surface area contributed by atoms with Crippen molar-refractivity contribution in [2.45, 2.75) is 20.5 Å². The van der Waals surface area contributed by atoms with Gasteiger partial charge in [0.05, 0.1) is 16.5 Å². The fraction of sp³-hybridized carbons (Fsp3) is 0.417. The van der Waals surface area contributed by atoms with E-state index in [0.717, 1.165) is 0 Å². The summed E-state index contributed by atoms with van der Waals surface area (Å²) in [6.45, 7) is 3.07. The van der Waals surface area contributed by atoms with Crippen molar-refractivity contribution in [2.75, 3.05) is 6.61 Å². The number of hydrogen-bond acceptors (Lipinski definition) is 3. The molecule has 0 fully saturated rings. The molecule has 1 aromatic rings. The first kappa shape index (κ1) is 14.0. The molecule has 5 heteroatoms. The average Bonchev–Trinajstić information content (AvgIpc) is 2.26. The predicted octanol–water partition coefficient (Wildman–Crippen LogP) is 2.43. The number of rotatable bonds is 5. The number of hydrogen-bond donors (Lipinski definition) is 2. The topological polar surface area (TPSA) is 66.8 Å². The Morgan fingerprint density at radius 1 is 1.47 bits per heavy atom. The van der Waals surface area contributed by atoms with Gasteiger partial charge in [-0.3, -0.25) is 4.79 Å². The second-order valence-electron chi connectivity index (χ2n) is 4.36. The molecule has 94 valence electrons. The Balaban J connectivity index is 2.86. The van der Waals surface area contributed by atoms with Crippen LogP contribution in [0.3, 0.4) is 0 Å². The fourth-order valence-corrected chi connectivity index (χ4v) is 1.68. The minimum atomic E-state index is -0.970. The Hall–Kier alpha value is -1.07. The minimum Gasteiger partial charge on any atom is -0.491 e. The minimum absolute atomic E-state index is 0.0396. The summed E-state index contributed by atoms with van der Waals surface area (Å²) in [7, 11) is 0. The maximum Gasteiger partial charge on any atom is 0.312 e. The first-order valence-electron chi connectivity index (χ1n) is 5.13. The third-order valence-corrected chi connectivity index (χ3v) is 3.00. The second-order valence-corrected chi connectivity index (χ2v) is 5.22. The molecule has 0 spiro atoms. The van der Waals surface area contributed by atoms with Crippen LogP contribution in [0.15, 0.2) is 22.7 Å². The molecule has 0 radical (unpaired) electrons. The van der Waals surface area contributed by atoms with Crippen LogP contribution in [0, 0.1) is 5.41 Å². The third-order valence-electron chi connectivity index (χ3n) is 2.38. The van der Waals surface area contributed by atoms with Crippen LogP contribution in [0.2, 0.25) is 0 Å². The lowest BCUT2D eigenvalue weighted by molar-refractivity contribution is -0.148. The molecule has 0 saturated heterocycles. The van der Waals surface area contributed by atoms with Crippen LogP contribution >= 0.6 is 15.9 Å². The molecule has 0 unspecified atom stereocenters. The van der Waals surface area contributed by atoms with Gasteiger partial charge in [-0.2, -0.15) is 0 Å². The number of aliphatic hydroxyl groups is 1. The smallest absolute Gasteiger partial charge is 0.312 e. The molecule has 4 nitrogen and oxygen atoms in total. The molecule has 0 aliphatic heterocycles. The first-order chi connectivity index (χ1) is 7.88. The van der Waals surface area contributed by atoms with Crippen LogP contribution in [0.1, 0.15) is 19.4 Å². The van der Waals surface area contributed by atoms with Gasteiger partial charge in [0, 0.05) is 5.56 Å². The van der Waals surface area contributed by atoms with Gasteiger partial charge < -0.3 is 14.9 Å². The van der Waals surface area contributed by atoms with Crippen LogP contribution in [0.4, 0.5) is 0 Å². The van der Waals surface area contributed by atoms with Crippen LogP contribution < -0.4 is 4.74 Å². The Morgan fingerprint density at radius 2 is 2.12 bits per heavy atom. The SMILES string of the molecule is CC(C)(COc1c(Br)cccc1CO)C(=O)O. The Labute approximate surface area is 108 Å². The van der Waals surface area contributed by atoms with Crippen molar-refractivity contribution in [3.63, 3.8) is 0 Å². The normalized spacial score (nSPS) is 11.3. The summed E-state index contributed by atoms with van der Waals surface area (Å²) in [6.07, 6.45) is 0. The van der Waals surface area contributed by atoms with Gasteiger partial charge in [-0.15, -0.1) is 0 Å². The molecule has 0 aromatic heterocycles. The summed E-state index contributed by atoms with van der Waals surface area (Å²) >= 11 is 3.31. The van der Waals surface area contributed by atoms with E-state index in [-0.39, 0.29) is 13.2 Å². The zero-order valence-electron chi connectivity index (χ0n) is 9.74. The molecule has 1 rings (SSSR count). The summed E-state index contributed by atoms with van der Waals surface area (Å²) < 4.78 is 6.20. The summed E-state index contributed by atoms with van der Waals surface area (Å²) in [5, 5.41) is 18.1. The van der Waals surface area contributed by atoms with E-state index in [1.54, 1.807) is 32.0 Å². The van der Waals surface area contributed by atoms with E-state index in [9.17, 15) is 4.79 Å². The van der Waals surface area contributed by atoms with Crippen molar-refractivity contribution in [3.05, 3.63) is 28.2 Å². The number of para-hydroxylation sites is 1. The second kappa shape index (κ2) is 5.51. The molecule has 1 aromatic carbocycles. The van der Waals surface area contributed by atoms with E-state index in [0.29, 0.717) is 15.8 Å². The lowest BCUT2D eigenvalue weighted by atomic mass is 9.95. The number of carbonyl (C=O) groups is 1. The van der Waals surface area contributed by atoms with Crippen LogP contribution in [0.25, 0.3) is 0 Å². The highest BCUT2D eigenvalue weighted by atomic mass is 79.9. The standard InChI is InChI=1S/C12H15BrO4/c1-12(2,11(15)16)7-17-10-8(6-14)4-3-5-9(10)13/h3-5,14H,6-7H2,1-2H3,(H,15,16). The van der Waals surface area contributed by atoms with Gasteiger partial charge in [-0.05, 0) is 35.8 Å². The fourth-order valence-electron chi connectivity index (χ4n) is 1.15. The van der Waals surface area contributed by atoms with E-state index in [1.807, 2.05) is 0 Å². The monoisotopic (exact) mass is 302 g/mol. The Morgan fingerprint density at radius 3 is 2.65 bits per heavy atom. The van der Waals surface area contributed by atoms with Gasteiger partial charge in [0.15, 0.2) is 0 Å². The number of benzene rings is 1. The molecular formula is C12H15BrO4. The van der Waals surface area contributed by atoms with Crippen LogP contribution in [0.5, 0.6) is 5.75 Å². The van der Waals surface area contributed by atoms with E-state index in [2.05, 4.69) is 15.9 Å². The summed E-state index contributed by atoms with van der Waals surface area (Å²) in [4.78, 5) is 10.9. The Kier molecular flexibility index (Phi) is 4.54. The number of aliphatic carboxylic acids is 1. The van der Waals surface area contributed by atoms with Gasteiger partial charge >= 0.3 is 5.97 Å². The average molecular weight is 303 g/mol. The maximum atomic E-state index is 10.9. The van der Waals surface area contributed by atoms with Crippen LogP contribution in [-0.4, -0.2) is 22.8 Å². The quantitative estimate of drug-likeness (QED) is 0.876.